The molecule has 6 heteroatoms. The highest BCUT2D eigenvalue weighted by Crippen LogP contribution is 2.33. The van der Waals surface area contributed by atoms with Crippen LogP contribution in [0.25, 0.3) is 6.08 Å². The van der Waals surface area contributed by atoms with Crippen LogP contribution < -0.4 is 0 Å². The molecule has 2 aliphatic rings. The SMILES string of the molecule is Cc1ccc(C=C2SC(=S)N(CC3CCCO3)C2=O)o1. The molecule has 20 heavy (non-hydrogen) atoms. The maximum absolute atomic E-state index is 12.4. The topological polar surface area (TPSA) is 42.7 Å². The van der Waals surface area contributed by atoms with Crippen molar-refractivity contribution in [3.05, 3.63) is 28.6 Å². The lowest BCUT2D eigenvalue weighted by Gasteiger charge is -2.18. The largest absolute Gasteiger partial charge is 0.462 e. The molecule has 3 rings (SSSR count). The summed E-state index contributed by atoms with van der Waals surface area (Å²) < 4.78 is 11.6. The molecule has 0 saturated carbocycles. The van der Waals surface area contributed by atoms with Gasteiger partial charge in [-0.2, -0.15) is 0 Å². The molecule has 1 aromatic heterocycles. The molecule has 1 aromatic rings. The van der Waals surface area contributed by atoms with Crippen LogP contribution >= 0.6 is 24.0 Å². The average molecular weight is 309 g/mol. The summed E-state index contributed by atoms with van der Waals surface area (Å²) in [4.78, 5) is 14.6. The molecular formula is C14H15NO3S2. The molecule has 3 heterocycles. The summed E-state index contributed by atoms with van der Waals surface area (Å²) in [5.74, 6) is 1.45. The number of carbonyl (C=O) groups is 1. The van der Waals surface area contributed by atoms with E-state index in [9.17, 15) is 4.79 Å². The molecule has 4 nitrogen and oxygen atoms in total. The molecule has 0 bridgehead atoms. The van der Waals surface area contributed by atoms with Gasteiger partial charge in [-0.3, -0.25) is 9.69 Å². The van der Waals surface area contributed by atoms with Crippen LogP contribution in [-0.4, -0.2) is 34.4 Å². The van der Waals surface area contributed by atoms with Crippen molar-refractivity contribution in [2.45, 2.75) is 25.9 Å². The van der Waals surface area contributed by atoms with E-state index in [1.54, 1.807) is 11.0 Å². The van der Waals surface area contributed by atoms with Gasteiger partial charge < -0.3 is 9.15 Å². The lowest BCUT2D eigenvalue weighted by atomic mass is 10.2. The van der Waals surface area contributed by atoms with E-state index in [0.717, 1.165) is 25.2 Å². The van der Waals surface area contributed by atoms with Crippen molar-refractivity contribution in [1.82, 2.24) is 4.90 Å². The van der Waals surface area contributed by atoms with Gasteiger partial charge >= 0.3 is 0 Å². The van der Waals surface area contributed by atoms with Gasteiger partial charge in [0.15, 0.2) is 0 Å². The van der Waals surface area contributed by atoms with Gasteiger partial charge in [-0.05, 0) is 31.9 Å². The van der Waals surface area contributed by atoms with Crippen molar-refractivity contribution in [2.24, 2.45) is 0 Å². The molecule has 1 unspecified atom stereocenters. The molecule has 1 atom stereocenters. The summed E-state index contributed by atoms with van der Waals surface area (Å²) in [6.45, 7) is 3.21. The van der Waals surface area contributed by atoms with Crippen LogP contribution in [0, 0.1) is 6.92 Å². The number of hydrogen-bond acceptors (Lipinski definition) is 5. The second kappa shape index (κ2) is 5.71. The number of aryl methyl sites for hydroxylation is 1. The van der Waals surface area contributed by atoms with Gasteiger partial charge in [0.05, 0.1) is 17.6 Å². The lowest BCUT2D eigenvalue weighted by Crippen LogP contribution is -2.35. The normalized spacial score (nSPS) is 25.1. The average Bonchev–Trinajstić information content (AvgIpc) is 3.10. The zero-order chi connectivity index (χ0) is 14.1. The van der Waals surface area contributed by atoms with Gasteiger partial charge in [-0.25, -0.2) is 0 Å². The van der Waals surface area contributed by atoms with E-state index < -0.39 is 0 Å². The molecule has 0 aromatic carbocycles. The van der Waals surface area contributed by atoms with E-state index in [0.29, 0.717) is 21.5 Å². The van der Waals surface area contributed by atoms with Crippen LogP contribution in [-0.2, 0) is 9.53 Å². The fourth-order valence-electron chi connectivity index (χ4n) is 2.31. The molecule has 0 N–H and O–H groups in total. The third kappa shape index (κ3) is 2.82. The van der Waals surface area contributed by atoms with Crippen LogP contribution in [0.5, 0.6) is 0 Å². The first-order chi connectivity index (χ1) is 9.63. The number of furan rings is 1. The van der Waals surface area contributed by atoms with Crippen molar-refractivity contribution in [3.63, 3.8) is 0 Å². The Morgan fingerprint density at radius 3 is 3.05 bits per heavy atom. The fraction of sp³-hybridized carbons (Fsp3) is 0.429. The fourth-order valence-corrected chi connectivity index (χ4v) is 3.56. The summed E-state index contributed by atoms with van der Waals surface area (Å²) in [5.41, 5.74) is 0. The predicted molar refractivity (Wildman–Crippen MR) is 82.3 cm³/mol. The first kappa shape index (κ1) is 13.9. The first-order valence-electron chi connectivity index (χ1n) is 6.57. The Morgan fingerprint density at radius 1 is 1.55 bits per heavy atom. The van der Waals surface area contributed by atoms with Gasteiger partial charge in [0.25, 0.3) is 5.91 Å². The number of amides is 1. The second-order valence-electron chi connectivity index (χ2n) is 4.88. The molecule has 106 valence electrons. The van der Waals surface area contributed by atoms with Crippen molar-refractivity contribution < 1.29 is 13.9 Å². The highest BCUT2D eigenvalue weighted by molar-refractivity contribution is 8.26. The number of thioether (sulfide) groups is 1. The summed E-state index contributed by atoms with van der Waals surface area (Å²) in [6.07, 6.45) is 3.92. The summed E-state index contributed by atoms with van der Waals surface area (Å²) in [7, 11) is 0. The smallest absolute Gasteiger partial charge is 0.266 e. The molecule has 1 amide bonds. The monoisotopic (exact) mass is 309 g/mol. The van der Waals surface area contributed by atoms with E-state index in [2.05, 4.69) is 0 Å². The van der Waals surface area contributed by atoms with E-state index in [-0.39, 0.29) is 12.0 Å². The van der Waals surface area contributed by atoms with Gasteiger partial charge in [-0.1, -0.05) is 24.0 Å². The van der Waals surface area contributed by atoms with Crippen LogP contribution in [0.15, 0.2) is 21.5 Å². The maximum atomic E-state index is 12.4. The van der Waals surface area contributed by atoms with Crippen molar-refractivity contribution in [2.75, 3.05) is 13.2 Å². The summed E-state index contributed by atoms with van der Waals surface area (Å²) in [6, 6.07) is 3.72. The van der Waals surface area contributed by atoms with E-state index >= 15 is 0 Å². The van der Waals surface area contributed by atoms with Crippen LogP contribution in [0.4, 0.5) is 0 Å². The minimum atomic E-state index is -0.0513. The Hall–Kier alpha value is -1.11. The first-order valence-corrected chi connectivity index (χ1v) is 7.79. The maximum Gasteiger partial charge on any atom is 0.266 e. The third-order valence-electron chi connectivity index (χ3n) is 3.32. The molecule has 2 fully saturated rings. The van der Waals surface area contributed by atoms with Gasteiger partial charge in [0.1, 0.15) is 15.8 Å². The minimum Gasteiger partial charge on any atom is -0.462 e. The second-order valence-corrected chi connectivity index (χ2v) is 6.55. The Balaban J connectivity index is 1.74. The van der Waals surface area contributed by atoms with Crippen LogP contribution in [0.2, 0.25) is 0 Å². The Morgan fingerprint density at radius 2 is 2.40 bits per heavy atom. The number of carbonyl (C=O) groups excluding carboxylic acids is 1. The van der Waals surface area contributed by atoms with Crippen molar-refractivity contribution in [3.8, 4) is 0 Å². The standard InChI is InChI=1S/C14H15NO3S2/c1-9-4-5-10(18-9)7-12-13(16)15(14(19)20-12)8-11-3-2-6-17-11/h4-5,7,11H,2-3,6,8H2,1H3. The molecule has 2 aliphatic heterocycles. The highest BCUT2D eigenvalue weighted by atomic mass is 32.2. The Kier molecular flexibility index (Phi) is 3.96. The number of rotatable bonds is 3. The molecule has 0 spiro atoms. The van der Waals surface area contributed by atoms with Gasteiger partial charge in [0, 0.05) is 12.7 Å². The van der Waals surface area contributed by atoms with E-state index in [1.165, 1.54) is 11.8 Å². The number of nitrogens with zero attached hydrogens (tertiary/aromatic N) is 1. The Labute approximate surface area is 127 Å². The summed E-state index contributed by atoms with van der Waals surface area (Å²) in [5, 5.41) is 0. The van der Waals surface area contributed by atoms with Crippen LogP contribution in [0.3, 0.4) is 0 Å². The van der Waals surface area contributed by atoms with E-state index in [1.807, 2.05) is 19.1 Å². The van der Waals surface area contributed by atoms with E-state index in [4.69, 9.17) is 21.4 Å². The van der Waals surface area contributed by atoms with Crippen molar-refractivity contribution >= 4 is 40.3 Å². The third-order valence-corrected chi connectivity index (χ3v) is 4.70. The quantitative estimate of drug-likeness (QED) is 0.634. The number of ether oxygens (including phenoxy) is 1. The van der Waals surface area contributed by atoms with Gasteiger partial charge in [0.2, 0.25) is 0 Å². The Bertz CT molecular complexity index is 573. The summed E-state index contributed by atoms with van der Waals surface area (Å²) >= 11 is 6.61. The molecule has 0 aliphatic carbocycles. The lowest BCUT2D eigenvalue weighted by molar-refractivity contribution is -0.123. The number of thiocarbonyl (C=S) groups is 1. The minimum absolute atomic E-state index is 0.0513. The van der Waals surface area contributed by atoms with Gasteiger partial charge in [-0.15, -0.1) is 0 Å². The highest BCUT2D eigenvalue weighted by Gasteiger charge is 2.34. The molecule has 0 radical (unpaired) electrons. The molecular weight excluding hydrogens is 294 g/mol. The van der Waals surface area contributed by atoms with Crippen LogP contribution in [0.1, 0.15) is 24.4 Å². The number of hydrogen-bond donors (Lipinski definition) is 0. The molecule has 2 saturated heterocycles. The zero-order valence-corrected chi connectivity index (χ0v) is 12.8. The predicted octanol–water partition coefficient (Wildman–Crippen LogP) is 2.97. The van der Waals surface area contributed by atoms with Crippen molar-refractivity contribution in [1.29, 1.82) is 0 Å². The zero-order valence-electron chi connectivity index (χ0n) is 11.1.